The number of hydrogen-bond donors (Lipinski definition) is 0. The van der Waals surface area contributed by atoms with Crippen molar-refractivity contribution in [1.82, 2.24) is 0 Å². The molecule has 5 nitrogen and oxygen atoms in total. The van der Waals surface area contributed by atoms with E-state index in [-0.39, 0.29) is 4.90 Å². The van der Waals surface area contributed by atoms with E-state index in [2.05, 4.69) is 4.74 Å². The summed E-state index contributed by atoms with van der Waals surface area (Å²) in [7, 11) is -2.97. The van der Waals surface area contributed by atoms with Crippen LogP contribution in [0.25, 0.3) is 11.1 Å². The van der Waals surface area contributed by atoms with Gasteiger partial charge in [0.25, 0.3) is 10.1 Å². The predicted octanol–water partition coefficient (Wildman–Crippen LogP) is 2.89. The topological polar surface area (TPSA) is 69.7 Å². The zero-order valence-corrected chi connectivity index (χ0v) is 13.2. The highest BCUT2D eigenvalue weighted by molar-refractivity contribution is 7.87. The number of ether oxygens (including phenoxy) is 1. The molecule has 0 spiro atoms. The van der Waals surface area contributed by atoms with Crippen LogP contribution >= 0.6 is 11.6 Å². The van der Waals surface area contributed by atoms with Gasteiger partial charge in [0.15, 0.2) is 6.61 Å². The smallest absolute Gasteiger partial charge is 0.333 e. The van der Waals surface area contributed by atoms with Gasteiger partial charge in [-0.05, 0) is 12.1 Å². The van der Waals surface area contributed by atoms with Crippen molar-refractivity contribution in [2.75, 3.05) is 13.7 Å². The van der Waals surface area contributed by atoms with Gasteiger partial charge in [-0.1, -0.05) is 48.0 Å². The number of esters is 1. The summed E-state index contributed by atoms with van der Waals surface area (Å²) < 4.78 is 33.7. The van der Waals surface area contributed by atoms with E-state index in [0.717, 1.165) is 7.11 Å². The van der Waals surface area contributed by atoms with Crippen molar-refractivity contribution in [1.29, 1.82) is 0 Å². The van der Waals surface area contributed by atoms with Crippen LogP contribution in [-0.4, -0.2) is 28.1 Å². The van der Waals surface area contributed by atoms with E-state index < -0.39 is 22.7 Å². The molecule has 7 heteroatoms. The van der Waals surface area contributed by atoms with E-state index in [1.807, 2.05) is 0 Å². The van der Waals surface area contributed by atoms with Crippen LogP contribution in [0, 0.1) is 0 Å². The van der Waals surface area contributed by atoms with Crippen LogP contribution < -0.4 is 0 Å². The lowest BCUT2D eigenvalue weighted by molar-refractivity contribution is -0.142. The highest BCUT2D eigenvalue weighted by Gasteiger charge is 2.22. The molecule has 0 saturated heterocycles. The molecule has 0 radical (unpaired) electrons. The number of methoxy groups -OCH3 is 1. The second-order valence-corrected chi connectivity index (χ2v) is 6.26. The Morgan fingerprint density at radius 1 is 1.05 bits per heavy atom. The van der Waals surface area contributed by atoms with E-state index in [9.17, 15) is 13.2 Å². The van der Waals surface area contributed by atoms with Gasteiger partial charge in [0, 0.05) is 16.1 Å². The van der Waals surface area contributed by atoms with Gasteiger partial charge in [-0.15, -0.1) is 0 Å². The molecule has 0 aliphatic heterocycles. The maximum Gasteiger partial charge on any atom is 0.333 e. The minimum Gasteiger partial charge on any atom is -0.467 e. The standard InChI is InChI=1S/C15H13ClO5S/c1-20-15(17)10-21-22(18,19)14-9-5-3-7-12(14)11-6-2-4-8-13(11)16/h2-9H,10H2,1H3. The third-order valence-electron chi connectivity index (χ3n) is 2.88. The van der Waals surface area contributed by atoms with E-state index in [0.29, 0.717) is 16.1 Å². The third kappa shape index (κ3) is 3.65. The maximum absolute atomic E-state index is 12.3. The van der Waals surface area contributed by atoms with Crippen molar-refractivity contribution in [2.24, 2.45) is 0 Å². The molecule has 0 aliphatic rings. The van der Waals surface area contributed by atoms with Crippen LogP contribution in [0.4, 0.5) is 0 Å². The van der Waals surface area contributed by atoms with Gasteiger partial charge in [0.05, 0.1) is 7.11 Å². The minimum absolute atomic E-state index is 0.0630. The van der Waals surface area contributed by atoms with Crippen molar-refractivity contribution in [3.05, 3.63) is 53.6 Å². The first kappa shape index (κ1) is 16.5. The molecule has 2 aromatic rings. The number of carbonyl (C=O) groups excluding carboxylic acids is 1. The molecule has 22 heavy (non-hydrogen) atoms. The molecule has 0 aliphatic carbocycles. The first-order valence-electron chi connectivity index (χ1n) is 6.26. The van der Waals surface area contributed by atoms with Crippen LogP contribution in [0.3, 0.4) is 0 Å². The van der Waals surface area contributed by atoms with Crippen molar-refractivity contribution < 1.29 is 22.1 Å². The Hall–Kier alpha value is -1.89. The highest BCUT2D eigenvalue weighted by Crippen LogP contribution is 2.33. The average Bonchev–Trinajstić information content (AvgIpc) is 2.53. The lowest BCUT2D eigenvalue weighted by atomic mass is 10.1. The zero-order chi connectivity index (χ0) is 16.2. The summed E-state index contributed by atoms with van der Waals surface area (Å²) in [6.07, 6.45) is 0. The first-order chi connectivity index (χ1) is 10.5. The van der Waals surface area contributed by atoms with E-state index in [4.69, 9.17) is 15.8 Å². The monoisotopic (exact) mass is 340 g/mol. The molecular formula is C15H13ClO5S. The van der Waals surface area contributed by atoms with E-state index in [1.54, 1.807) is 42.5 Å². The Morgan fingerprint density at radius 3 is 2.27 bits per heavy atom. The van der Waals surface area contributed by atoms with Gasteiger partial charge < -0.3 is 4.74 Å². The molecule has 0 amide bonds. The van der Waals surface area contributed by atoms with Crippen molar-refractivity contribution >= 4 is 27.7 Å². The quantitative estimate of drug-likeness (QED) is 0.618. The fourth-order valence-corrected chi connectivity index (χ4v) is 3.14. The van der Waals surface area contributed by atoms with Crippen LogP contribution in [0.1, 0.15) is 0 Å². The number of halogens is 1. The number of hydrogen-bond acceptors (Lipinski definition) is 5. The Balaban J connectivity index is 2.45. The summed E-state index contributed by atoms with van der Waals surface area (Å²) in [5.41, 5.74) is 0.961. The fourth-order valence-electron chi connectivity index (χ4n) is 1.83. The minimum atomic E-state index is -4.12. The molecule has 0 aromatic heterocycles. The SMILES string of the molecule is COC(=O)COS(=O)(=O)c1ccccc1-c1ccccc1Cl. The molecule has 0 N–H and O–H groups in total. The van der Waals surface area contributed by atoms with E-state index >= 15 is 0 Å². The van der Waals surface area contributed by atoms with Gasteiger partial charge in [0.1, 0.15) is 4.90 Å². The van der Waals surface area contributed by atoms with Crippen LogP contribution in [0.15, 0.2) is 53.4 Å². The van der Waals surface area contributed by atoms with Gasteiger partial charge in [-0.25, -0.2) is 4.79 Å². The molecule has 0 atom stereocenters. The Labute approximate surface area is 133 Å². The Kier molecular flexibility index (Phi) is 5.18. The normalized spacial score (nSPS) is 11.2. The van der Waals surface area contributed by atoms with Gasteiger partial charge in [-0.3, -0.25) is 4.18 Å². The fraction of sp³-hybridized carbons (Fsp3) is 0.133. The molecular weight excluding hydrogens is 328 g/mol. The molecule has 0 unspecified atom stereocenters. The van der Waals surface area contributed by atoms with Gasteiger partial charge >= 0.3 is 5.97 Å². The lowest BCUT2D eigenvalue weighted by Crippen LogP contribution is -2.16. The van der Waals surface area contributed by atoms with E-state index in [1.165, 1.54) is 6.07 Å². The van der Waals surface area contributed by atoms with Gasteiger partial charge in [-0.2, -0.15) is 8.42 Å². The third-order valence-corrected chi connectivity index (χ3v) is 4.53. The summed E-state index contributed by atoms with van der Waals surface area (Å²) in [6, 6.07) is 13.1. The molecule has 2 rings (SSSR count). The van der Waals surface area contributed by atoms with Crippen LogP contribution in [0.5, 0.6) is 0 Å². The van der Waals surface area contributed by atoms with Crippen molar-refractivity contribution in [3.63, 3.8) is 0 Å². The highest BCUT2D eigenvalue weighted by atomic mass is 35.5. The Bertz CT molecular complexity index is 786. The second-order valence-electron chi connectivity index (χ2n) is 4.27. The number of carbonyl (C=O) groups is 1. The largest absolute Gasteiger partial charge is 0.467 e. The molecule has 0 fully saturated rings. The van der Waals surface area contributed by atoms with Crippen LogP contribution in [-0.2, 0) is 23.8 Å². The summed E-state index contributed by atoms with van der Waals surface area (Å²) in [6.45, 7) is -0.685. The maximum atomic E-state index is 12.3. The second kappa shape index (κ2) is 6.91. The van der Waals surface area contributed by atoms with Crippen LogP contribution in [0.2, 0.25) is 5.02 Å². The molecule has 0 bridgehead atoms. The number of benzene rings is 2. The lowest BCUT2D eigenvalue weighted by Gasteiger charge is -2.11. The molecule has 0 heterocycles. The van der Waals surface area contributed by atoms with Gasteiger partial charge in [0.2, 0.25) is 0 Å². The van der Waals surface area contributed by atoms with Crippen molar-refractivity contribution in [3.8, 4) is 11.1 Å². The van der Waals surface area contributed by atoms with Crippen molar-refractivity contribution in [2.45, 2.75) is 4.90 Å². The summed E-state index contributed by atoms with van der Waals surface area (Å²) >= 11 is 6.12. The molecule has 0 saturated carbocycles. The zero-order valence-electron chi connectivity index (χ0n) is 11.7. The molecule has 116 valence electrons. The summed E-state index contributed by atoms with van der Waals surface area (Å²) in [5.74, 6) is -0.779. The average molecular weight is 341 g/mol. The predicted molar refractivity (Wildman–Crippen MR) is 82.0 cm³/mol. The molecule has 2 aromatic carbocycles. The summed E-state index contributed by atoms with van der Waals surface area (Å²) in [5, 5.41) is 0.415. The first-order valence-corrected chi connectivity index (χ1v) is 8.04. The summed E-state index contributed by atoms with van der Waals surface area (Å²) in [4.78, 5) is 11.0. The Morgan fingerprint density at radius 2 is 1.64 bits per heavy atom. The number of rotatable bonds is 5.